The average molecular weight is 728 g/mol. The Kier molecular flexibility index (Phi) is 7.62. The largest absolute Gasteiger partial charge is 2.00 e. The Bertz CT molecular complexity index is 1790. The molecule has 2 aromatic heterocycles. The second-order valence-electron chi connectivity index (χ2n) is 9.74. The number of rotatable bonds is 5. The van der Waals surface area contributed by atoms with E-state index in [9.17, 15) is 0 Å². The monoisotopic (exact) mass is 727 g/mol. The first-order chi connectivity index (χ1) is 19.7. The van der Waals surface area contributed by atoms with Gasteiger partial charge in [0.1, 0.15) is 0 Å². The van der Waals surface area contributed by atoms with Crippen LogP contribution in [0.5, 0.6) is 11.5 Å². The van der Waals surface area contributed by atoms with Crippen LogP contribution in [0.2, 0.25) is 0 Å². The molecule has 1 aliphatic rings. The number of nitrogens with zero attached hydrogens (tertiary/aromatic N) is 2. The fourth-order valence-corrected chi connectivity index (χ4v) is 6.66. The van der Waals surface area contributed by atoms with Crippen LogP contribution in [-0.4, -0.2) is 9.97 Å². The summed E-state index contributed by atoms with van der Waals surface area (Å²) >= 11 is 1.80. The summed E-state index contributed by atoms with van der Waals surface area (Å²) < 4.78 is 6.39. The molecule has 0 saturated heterocycles. The van der Waals surface area contributed by atoms with Crippen LogP contribution in [0.25, 0.3) is 11.3 Å². The summed E-state index contributed by atoms with van der Waals surface area (Å²) in [5.41, 5.74) is 6.53. The van der Waals surface area contributed by atoms with Gasteiger partial charge < -0.3 is 9.72 Å². The van der Waals surface area contributed by atoms with Gasteiger partial charge in [-0.2, -0.15) is 12.1 Å². The Morgan fingerprint density at radius 2 is 1.34 bits per heavy atom. The molecule has 0 amide bonds. The Morgan fingerprint density at radius 3 is 2.05 bits per heavy atom. The predicted octanol–water partition coefficient (Wildman–Crippen LogP) is 8.69. The van der Waals surface area contributed by atoms with Gasteiger partial charge in [-0.05, 0) is 54.1 Å². The van der Waals surface area contributed by atoms with E-state index in [2.05, 4.69) is 96.8 Å². The third-order valence-electron chi connectivity index (χ3n) is 7.20. The first kappa shape index (κ1) is 27.2. The van der Waals surface area contributed by atoms with Crippen LogP contribution < -0.4 is 4.74 Å². The van der Waals surface area contributed by atoms with Gasteiger partial charge in [-0.3, -0.25) is 4.98 Å². The van der Waals surface area contributed by atoms with Crippen molar-refractivity contribution in [3.8, 4) is 22.8 Å². The second-order valence-corrected chi connectivity index (χ2v) is 10.8. The van der Waals surface area contributed by atoms with Crippen LogP contribution in [0.1, 0.15) is 27.9 Å². The average Bonchev–Trinajstić information content (AvgIpc) is 3.00. The molecule has 3 nitrogen and oxygen atoms in total. The predicted molar refractivity (Wildman–Crippen MR) is 159 cm³/mol. The van der Waals surface area contributed by atoms with E-state index in [1.165, 1.54) is 20.9 Å². The summed E-state index contributed by atoms with van der Waals surface area (Å²) in [5.74, 6) is 1.23. The zero-order valence-corrected chi connectivity index (χ0v) is 25.2. The van der Waals surface area contributed by atoms with Crippen molar-refractivity contribution in [2.75, 3.05) is 0 Å². The fourth-order valence-electron chi connectivity index (χ4n) is 5.47. The van der Waals surface area contributed by atoms with Crippen molar-refractivity contribution in [1.29, 1.82) is 0 Å². The van der Waals surface area contributed by atoms with Crippen molar-refractivity contribution in [2.24, 2.45) is 0 Å². The summed E-state index contributed by atoms with van der Waals surface area (Å²) in [6.07, 6.45) is 3.68. The molecule has 1 aliphatic heterocycles. The number of aromatic nitrogens is 2. The van der Waals surface area contributed by atoms with Gasteiger partial charge in [0.15, 0.2) is 0 Å². The van der Waals surface area contributed by atoms with Crippen LogP contribution in [-0.2, 0) is 26.5 Å². The molecule has 0 unspecified atom stereocenters. The zero-order valence-electron chi connectivity index (χ0n) is 22.2. The van der Waals surface area contributed by atoms with E-state index in [0.717, 1.165) is 28.1 Å². The van der Waals surface area contributed by atoms with E-state index in [1.54, 1.807) is 11.8 Å². The van der Waals surface area contributed by atoms with Gasteiger partial charge in [-0.1, -0.05) is 71.9 Å². The molecule has 0 atom stereocenters. The van der Waals surface area contributed by atoms with Crippen molar-refractivity contribution in [2.45, 2.75) is 22.1 Å². The third-order valence-corrected chi connectivity index (χ3v) is 8.36. The minimum absolute atomic E-state index is 0. The number of benzene rings is 4. The van der Waals surface area contributed by atoms with Gasteiger partial charge in [0.2, 0.25) is 0 Å². The fraction of sp³-hybridized carbons (Fsp3) is 0.0556. The molecule has 5 heteroatoms. The maximum Gasteiger partial charge on any atom is 2.00 e. The molecule has 0 radical (unpaired) electrons. The summed E-state index contributed by atoms with van der Waals surface area (Å²) in [7, 11) is 0. The number of pyridine rings is 2. The number of aryl methyl sites for hydroxylation is 1. The van der Waals surface area contributed by atoms with Gasteiger partial charge in [-0.25, -0.2) is 0 Å². The summed E-state index contributed by atoms with van der Waals surface area (Å²) in [6, 6.07) is 46.4. The molecule has 0 N–H and O–H groups in total. The Labute approximate surface area is 259 Å². The van der Waals surface area contributed by atoms with E-state index in [-0.39, 0.29) is 21.1 Å². The minimum atomic E-state index is -0.657. The maximum atomic E-state index is 6.39. The van der Waals surface area contributed by atoms with Crippen molar-refractivity contribution < 1.29 is 25.8 Å². The molecular formula is C36H24N2OPtS. The molecular weight excluding hydrogens is 704 g/mol. The normalized spacial score (nSPS) is 12.9. The SMILES string of the molecule is Cc1ccnc(-c2[c-]c(Oc3[c-]c(C4(c5ccccn5)c5ccccc5Sc5ccccc54)ccc3)ccc2)c1.[Pt+2]. The van der Waals surface area contributed by atoms with Crippen LogP contribution in [0.4, 0.5) is 0 Å². The van der Waals surface area contributed by atoms with Crippen molar-refractivity contribution in [3.05, 3.63) is 168 Å². The Morgan fingerprint density at radius 1 is 0.659 bits per heavy atom. The summed E-state index contributed by atoms with van der Waals surface area (Å²) in [6.45, 7) is 2.06. The van der Waals surface area contributed by atoms with Crippen molar-refractivity contribution in [3.63, 3.8) is 0 Å². The van der Waals surface area contributed by atoms with Gasteiger partial charge >= 0.3 is 21.1 Å². The van der Waals surface area contributed by atoms with Crippen LogP contribution in [0, 0.1) is 19.1 Å². The number of hydrogen-bond acceptors (Lipinski definition) is 4. The topological polar surface area (TPSA) is 35.0 Å². The van der Waals surface area contributed by atoms with Gasteiger partial charge in [0, 0.05) is 33.7 Å². The second kappa shape index (κ2) is 11.5. The van der Waals surface area contributed by atoms with E-state index >= 15 is 0 Å². The first-order valence-corrected chi connectivity index (χ1v) is 14.0. The molecule has 0 fully saturated rings. The van der Waals surface area contributed by atoms with E-state index < -0.39 is 5.41 Å². The standard InChI is InChI=1S/C36H24N2OS.Pt/c1-25-19-21-37-32(22-25)26-10-8-12-28(23-26)39-29-13-9-11-27(24-29)36(35-18-6-7-20-38-35)30-14-2-4-16-33(30)40-34-17-5-3-15-31(34)36;/h2-22H,1H3;/q-2;+2. The molecule has 200 valence electrons. The Hall–Kier alpha value is -3.98. The third kappa shape index (κ3) is 4.92. The summed E-state index contributed by atoms with van der Waals surface area (Å²) in [5, 5.41) is 0. The Balaban J connectivity index is 0.00000302. The molecule has 41 heavy (non-hydrogen) atoms. The molecule has 4 aromatic carbocycles. The van der Waals surface area contributed by atoms with E-state index in [4.69, 9.17) is 9.72 Å². The number of ether oxygens (including phenoxy) is 1. The van der Waals surface area contributed by atoms with Crippen LogP contribution >= 0.6 is 11.8 Å². The van der Waals surface area contributed by atoms with Gasteiger partial charge in [0.25, 0.3) is 0 Å². The molecule has 6 aromatic rings. The van der Waals surface area contributed by atoms with Crippen molar-refractivity contribution in [1.82, 2.24) is 9.97 Å². The molecule has 0 spiro atoms. The smallest absolute Gasteiger partial charge is 0.503 e. The maximum absolute atomic E-state index is 6.39. The van der Waals surface area contributed by atoms with E-state index in [0.29, 0.717) is 11.5 Å². The molecule has 0 saturated carbocycles. The molecule has 3 heterocycles. The van der Waals surface area contributed by atoms with E-state index in [1.807, 2.05) is 54.9 Å². The van der Waals surface area contributed by atoms with Gasteiger partial charge in [-0.15, -0.1) is 41.5 Å². The van der Waals surface area contributed by atoms with Gasteiger partial charge in [0.05, 0.1) is 11.1 Å². The first-order valence-electron chi connectivity index (χ1n) is 13.2. The minimum Gasteiger partial charge on any atom is -0.503 e. The van der Waals surface area contributed by atoms with Crippen molar-refractivity contribution >= 4 is 11.8 Å². The molecule has 0 bridgehead atoms. The van der Waals surface area contributed by atoms with Crippen LogP contribution in [0.15, 0.2) is 137 Å². The zero-order chi connectivity index (χ0) is 26.9. The summed E-state index contributed by atoms with van der Waals surface area (Å²) in [4.78, 5) is 11.9. The number of fused-ring (bicyclic) bond motifs is 2. The van der Waals surface area contributed by atoms with Crippen LogP contribution in [0.3, 0.4) is 0 Å². The molecule has 0 aliphatic carbocycles. The number of hydrogen-bond donors (Lipinski definition) is 0. The molecule has 7 rings (SSSR count). The quantitative estimate of drug-likeness (QED) is 0.166.